The van der Waals surface area contributed by atoms with Gasteiger partial charge in [0, 0.05) is 11.1 Å². The fourth-order valence-electron chi connectivity index (χ4n) is 2.02. The second-order valence-corrected chi connectivity index (χ2v) is 5.70. The number of carbonyl (C=O) groups excluding carboxylic acids is 1. The maximum atomic E-state index is 11.8. The van der Waals surface area contributed by atoms with Crippen molar-refractivity contribution in [2.45, 2.75) is 25.8 Å². The zero-order chi connectivity index (χ0) is 14.9. The molecule has 0 aromatic heterocycles. The number of hydrogen-bond acceptors (Lipinski definition) is 2. The molecule has 5 nitrogen and oxygen atoms in total. The lowest BCUT2D eigenvalue weighted by Gasteiger charge is -2.32. The molecular formula is C13H14Cl2N2O3. The highest BCUT2D eigenvalue weighted by Gasteiger charge is 2.35. The van der Waals surface area contributed by atoms with Crippen molar-refractivity contribution in [3.63, 3.8) is 0 Å². The van der Waals surface area contributed by atoms with Gasteiger partial charge in [-0.2, -0.15) is 0 Å². The number of carboxylic acid groups (broad SMARTS) is 1. The van der Waals surface area contributed by atoms with E-state index in [-0.39, 0.29) is 12.0 Å². The van der Waals surface area contributed by atoms with Gasteiger partial charge in [-0.1, -0.05) is 23.2 Å². The van der Waals surface area contributed by atoms with E-state index in [0.717, 1.165) is 5.56 Å². The Morgan fingerprint density at radius 1 is 1.25 bits per heavy atom. The lowest BCUT2D eigenvalue weighted by atomic mass is 9.80. The molecule has 0 unspecified atom stereocenters. The molecule has 0 heterocycles. The monoisotopic (exact) mass is 316 g/mol. The number of carbonyl (C=O) groups is 2. The standard InChI is InChI=1S/C13H14Cl2N2O3/c1-6-2-10(15)11(5-9(6)14)17-13(20)16-8-3-7(4-8)12(18)19/h2,5,7-8H,3-4H2,1H3,(H,18,19)(H2,16,17,20). The molecule has 7 heteroatoms. The number of hydrogen-bond donors (Lipinski definition) is 3. The number of aryl methyl sites for hydroxylation is 1. The summed E-state index contributed by atoms with van der Waals surface area (Å²) in [4.78, 5) is 22.4. The molecule has 0 saturated heterocycles. The number of aliphatic carboxylic acids is 1. The number of benzene rings is 1. The number of rotatable bonds is 3. The topological polar surface area (TPSA) is 78.4 Å². The molecule has 2 amide bonds. The maximum absolute atomic E-state index is 11.8. The van der Waals surface area contributed by atoms with Crippen molar-refractivity contribution in [3.8, 4) is 0 Å². The molecule has 1 fully saturated rings. The molecule has 0 atom stereocenters. The highest BCUT2D eigenvalue weighted by Crippen LogP contribution is 2.30. The third-order valence-corrected chi connectivity index (χ3v) is 4.04. The van der Waals surface area contributed by atoms with Crippen molar-refractivity contribution in [2.24, 2.45) is 5.92 Å². The Kier molecular flexibility index (Phi) is 4.40. The van der Waals surface area contributed by atoms with Crippen molar-refractivity contribution in [1.29, 1.82) is 0 Å². The minimum atomic E-state index is -0.822. The summed E-state index contributed by atoms with van der Waals surface area (Å²) in [5.41, 5.74) is 1.25. The van der Waals surface area contributed by atoms with Gasteiger partial charge >= 0.3 is 12.0 Å². The Morgan fingerprint density at radius 2 is 1.90 bits per heavy atom. The molecule has 3 N–H and O–H groups in total. The van der Waals surface area contributed by atoms with Gasteiger partial charge in [0.2, 0.25) is 0 Å². The summed E-state index contributed by atoms with van der Waals surface area (Å²) in [7, 11) is 0. The summed E-state index contributed by atoms with van der Waals surface area (Å²) >= 11 is 12.0. The van der Waals surface area contributed by atoms with Crippen LogP contribution in [0.25, 0.3) is 0 Å². The summed E-state index contributed by atoms with van der Waals surface area (Å²) in [6, 6.07) is 2.72. The molecule has 0 bridgehead atoms. The highest BCUT2D eigenvalue weighted by atomic mass is 35.5. The number of carboxylic acids is 1. The van der Waals surface area contributed by atoms with Gasteiger partial charge < -0.3 is 15.7 Å². The van der Waals surface area contributed by atoms with Crippen LogP contribution in [0.15, 0.2) is 12.1 Å². The van der Waals surface area contributed by atoms with Crippen LogP contribution in [0.5, 0.6) is 0 Å². The summed E-state index contributed by atoms with van der Waals surface area (Å²) in [5, 5.41) is 15.0. The fraction of sp³-hybridized carbons (Fsp3) is 0.385. The second-order valence-electron chi connectivity index (χ2n) is 4.88. The van der Waals surface area contributed by atoms with Gasteiger partial charge in [-0.05, 0) is 37.5 Å². The van der Waals surface area contributed by atoms with Gasteiger partial charge in [0.05, 0.1) is 16.6 Å². The van der Waals surface area contributed by atoms with Crippen molar-refractivity contribution in [2.75, 3.05) is 5.32 Å². The SMILES string of the molecule is Cc1cc(Cl)c(NC(=O)NC2CC(C(=O)O)C2)cc1Cl. The minimum Gasteiger partial charge on any atom is -0.481 e. The van der Waals surface area contributed by atoms with E-state index < -0.39 is 12.0 Å². The zero-order valence-corrected chi connectivity index (χ0v) is 12.3. The molecule has 108 valence electrons. The minimum absolute atomic E-state index is 0.115. The summed E-state index contributed by atoms with van der Waals surface area (Å²) in [6.45, 7) is 1.82. The Labute approximate surface area is 126 Å². The van der Waals surface area contributed by atoms with E-state index in [1.807, 2.05) is 6.92 Å². The molecule has 1 aromatic rings. The molecule has 0 spiro atoms. The molecule has 1 aliphatic rings. The van der Waals surface area contributed by atoms with Crippen LogP contribution in [0, 0.1) is 12.8 Å². The lowest BCUT2D eigenvalue weighted by Crippen LogP contribution is -2.48. The van der Waals surface area contributed by atoms with Crippen LogP contribution < -0.4 is 10.6 Å². The Morgan fingerprint density at radius 3 is 2.50 bits per heavy atom. The number of nitrogens with one attached hydrogen (secondary N) is 2. The van der Waals surface area contributed by atoms with Crippen molar-refractivity contribution >= 4 is 40.9 Å². The molecular weight excluding hydrogens is 303 g/mol. The normalized spacial score (nSPS) is 20.9. The molecule has 0 aliphatic heterocycles. The Hall–Kier alpha value is -1.46. The van der Waals surface area contributed by atoms with Crippen LogP contribution in [0.3, 0.4) is 0 Å². The molecule has 1 saturated carbocycles. The van der Waals surface area contributed by atoms with E-state index in [9.17, 15) is 9.59 Å². The highest BCUT2D eigenvalue weighted by molar-refractivity contribution is 6.36. The van der Waals surface area contributed by atoms with E-state index in [1.54, 1.807) is 12.1 Å². The van der Waals surface area contributed by atoms with E-state index in [1.165, 1.54) is 0 Å². The second kappa shape index (κ2) is 5.89. The van der Waals surface area contributed by atoms with E-state index in [4.69, 9.17) is 28.3 Å². The molecule has 0 radical (unpaired) electrons. The van der Waals surface area contributed by atoms with Gasteiger partial charge in [0.1, 0.15) is 0 Å². The molecule has 1 aliphatic carbocycles. The number of halogens is 2. The first-order valence-corrected chi connectivity index (χ1v) is 6.88. The predicted octanol–water partition coefficient (Wildman–Crippen LogP) is 3.29. The van der Waals surface area contributed by atoms with Crippen LogP contribution in [0.2, 0.25) is 10.0 Å². The average molecular weight is 317 g/mol. The van der Waals surface area contributed by atoms with Crippen molar-refractivity contribution < 1.29 is 14.7 Å². The van der Waals surface area contributed by atoms with Gasteiger partial charge in [-0.15, -0.1) is 0 Å². The van der Waals surface area contributed by atoms with E-state index in [0.29, 0.717) is 28.6 Å². The van der Waals surface area contributed by atoms with Crippen molar-refractivity contribution in [1.82, 2.24) is 5.32 Å². The quantitative estimate of drug-likeness (QED) is 0.800. The van der Waals surface area contributed by atoms with Crippen LogP contribution in [0.4, 0.5) is 10.5 Å². The Bertz CT molecular complexity index is 557. The van der Waals surface area contributed by atoms with Gasteiger partial charge in [-0.3, -0.25) is 4.79 Å². The molecule has 2 rings (SSSR count). The first-order valence-electron chi connectivity index (χ1n) is 6.12. The number of anilines is 1. The average Bonchev–Trinajstić information content (AvgIpc) is 2.29. The first-order chi connectivity index (χ1) is 9.36. The summed E-state index contributed by atoms with van der Waals surface area (Å²) in [6.07, 6.45) is 0.899. The lowest BCUT2D eigenvalue weighted by molar-refractivity contribution is -0.145. The zero-order valence-electron chi connectivity index (χ0n) is 10.7. The number of amides is 2. The van der Waals surface area contributed by atoms with Crippen LogP contribution >= 0.6 is 23.2 Å². The van der Waals surface area contributed by atoms with E-state index in [2.05, 4.69) is 10.6 Å². The third kappa shape index (κ3) is 3.35. The number of urea groups is 1. The Balaban J connectivity index is 1.90. The van der Waals surface area contributed by atoms with E-state index >= 15 is 0 Å². The first kappa shape index (κ1) is 14.9. The third-order valence-electron chi connectivity index (χ3n) is 3.32. The van der Waals surface area contributed by atoms with Crippen molar-refractivity contribution in [3.05, 3.63) is 27.7 Å². The van der Waals surface area contributed by atoms with Crippen LogP contribution in [-0.4, -0.2) is 23.1 Å². The van der Waals surface area contributed by atoms with Crippen LogP contribution in [0.1, 0.15) is 18.4 Å². The largest absolute Gasteiger partial charge is 0.481 e. The fourth-order valence-corrected chi connectivity index (χ4v) is 2.45. The summed E-state index contributed by atoms with van der Waals surface area (Å²) in [5.74, 6) is -1.19. The van der Waals surface area contributed by atoms with Gasteiger partial charge in [-0.25, -0.2) is 4.79 Å². The summed E-state index contributed by atoms with van der Waals surface area (Å²) < 4.78 is 0. The molecule has 20 heavy (non-hydrogen) atoms. The maximum Gasteiger partial charge on any atom is 0.319 e. The van der Waals surface area contributed by atoms with Crippen LogP contribution in [-0.2, 0) is 4.79 Å². The molecule has 1 aromatic carbocycles. The van der Waals surface area contributed by atoms with Gasteiger partial charge in [0.25, 0.3) is 0 Å². The van der Waals surface area contributed by atoms with Gasteiger partial charge in [0.15, 0.2) is 0 Å². The smallest absolute Gasteiger partial charge is 0.319 e. The predicted molar refractivity (Wildman–Crippen MR) is 77.5 cm³/mol.